The average Bonchev–Trinajstić information content (AvgIpc) is 2.97. The van der Waals surface area contributed by atoms with Crippen LogP contribution in [0.3, 0.4) is 0 Å². The predicted octanol–water partition coefficient (Wildman–Crippen LogP) is 3.49. The molecule has 1 aliphatic carbocycles. The molecule has 1 saturated heterocycles. The summed E-state index contributed by atoms with van der Waals surface area (Å²) in [6.45, 7) is 5.59. The van der Waals surface area contributed by atoms with Crippen LogP contribution in [-0.4, -0.2) is 55.2 Å². The van der Waals surface area contributed by atoms with Gasteiger partial charge in [0.2, 0.25) is 0 Å². The Kier molecular flexibility index (Phi) is 5.61. The minimum atomic E-state index is -0.00795. The fourth-order valence-electron chi connectivity index (χ4n) is 3.51. The molecule has 1 saturated carbocycles. The van der Waals surface area contributed by atoms with Crippen molar-refractivity contribution in [3.63, 3.8) is 0 Å². The highest BCUT2D eigenvalue weighted by molar-refractivity contribution is 5.90. The van der Waals surface area contributed by atoms with Gasteiger partial charge in [0.05, 0.1) is 6.10 Å². The van der Waals surface area contributed by atoms with E-state index in [1.54, 1.807) is 0 Å². The average molecular weight is 331 g/mol. The van der Waals surface area contributed by atoms with Gasteiger partial charge in [-0.1, -0.05) is 6.07 Å². The molecular weight excluding hydrogens is 302 g/mol. The largest absolute Gasteiger partial charge is 0.490 e. The Morgan fingerprint density at radius 2 is 1.92 bits per heavy atom. The third-order valence-corrected chi connectivity index (χ3v) is 5.13. The lowest BCUT2D eigenvalue weighted by atomic mass is 10.1. The molecule has 1 aromatic carbocycles. The van der Waals surface area contributed by atoms with E-state index in [1.807, 2.05) is 30.0 Å². The molecule has 1 aromatic rings. The van der Waals surface area contributed by atoms with Crippen LogP contribution in [0.25, 0.3) is 0 Å². The van der Waals surface area contributed by atoms with Crippen molar-refractivity contribution in [1.82, 2.24) is 9.80 Å². The Bertz CT molecular complexity index is 570. The quantitative estimate of drug-likeness (QED) is 0.922. The number of hydrogen-bond donors (Lipinski definition) is 1. The van der Waals surface area contributed by atoms with Gasteiger partial charge in [0.1, 0.15) is 5.75 Å². The zero-order valence-corrected chi connectivity index (χ0v) is 14.9. The highest BCUT2D eigenvalue weighted by atomic mass is 16.5. The van der Waals surface area contributed by atoms with Crippen LogP contribution in [-0.2, 0) is 0 Å². The molecule has 5 nitrogen and oxygen atoms in total. The van der Waals surface area contributed by atoms with Gasteiger partial charge in [-0.3, -0.25) is 0 Å². The summed E-state index contributed by atoms with van der Waals surface area (Å²) < 4.78 is 6.14. The maximum absolute atomic E-state index is 12.6. The summed E-state index contributed by atoms with van der Waals surface area (Å²) in [6.07, 6.45) is 6.13. The van der Waals surface area contributed by atoms with Gasteiger partial charge < -0.3 is 19.9 Å². The molecule has 132 valence electrons. The van der Waals surface area contributed by atoms with Gasteiger partial charge in [-0.25, -0.2) is 4.79 Å². The number of carbonyl (C=O) groups is 1. The Labute approximate surface area is 145 Å². The molecule has 0 bridgehead atoms. The number of nitrogens with zero attached hydrogens (tertiary/aromatic N) is 2. The first kappa shape index (κ1) is 17.1. The number of carbonyl (C=O) groups excluding carboxylic acids is 1. The van der Waals surface area contributed by atoms with Crippen LogP contribution in [0.4, 0.5) is 10.5 Å². The van der Waals surface area contributed by atoms with Crippen molar-refractivity contribution in [3.8, 4) is 5.75 Å². The second-order valence-corrected chi connectivity index (χ2v) is 7.03. The summed E-state index contributed by atoms with van der Waals surface area (Å²) in [5.74, 6) is 0.898. The van der Waals surface area contributed by atoms with Gasteiger partial charge in [-0.05, 0) is 64.8 Å². The van der Waals surface area contributed by atoms with Crippen LogP contribution in [0.15, 0.2) is 18.2 Å². The number of likely N-dealkylation sites (N-methyl/N-ethyl adjacent to an activating group) is 1. The Hall–Kier alpha value is -1.75. The van der Waals surface area contributed by atoms with Crippen LogP contribution in [0.1, 0.15) is 37.7 Å². The molecular formula is C19H29N3O2. The molecule has 1 heterocycles. The summed E-state index contributed by atoms with van der Waals surface area (Å²) in [6, 6.07) is 5.91. The van der Waals surface area contributed by atoms with Crippen molar-refractivity contribution in [2.45, 2.75) is 45.1 Å². The Morgan fingerprint density at radius 1 is 1.12 bits per heavy atom. The molecule has 24 heavy (non-hydrogen) atoms. The van der Waals surface area contributed by atoms with Gasteiger partial charge in [-0.15, -0.1) is 0 Å². The third kappa shape index (κ3) is 4.20. The van der Waals surface area contributed by atoms with E-state index in [4.69, 9.17) is 4.74 Å². The fourth-order valence-corrected chi connectivity index (χ4v) is 3.51. The maximum atomic E-state index is 12.6. The number of urea groups is 1. The Morgan fingerprint density at radius 3 is 2.71 bits per heavy atom. The number of ether oxygens (including phenoxy) is 1. The first-order valence-corrected chi connectivity index (χ1v) is 9.14. The monoisotopic (exact) mass is 331 g/mol. The topological polar surface area (TPSA) is 44.8 Å². The maximum Gasteiger partial charge on any atom is 0.321 e. The lowest BCUT2D eigenvalue weighted by Gasteiger charge is -2.22. The number of hydrogen-bond acceptors (Lipinski definition) is 3. The fraction of sp³-hybridized carbons (Fsp3) is 0.632. The van der Waals surface area contributed by atoms with Crippen LogP contribution >= 0.6 is 0 Å². The molecule has 5 heteroatoms. The lowest BCUT2D eigenvalue weighted by Crippen LogP contribution is -2.37. The van der Waals surface area contributed by atoms with E-state index in [-0.39, 0.29) is 6.03 Å². The van der Waals surface area contributed by atoms with Crippen molar-refractivity contribution in [3.05, 3.63) is 23.8 Å². The van der Waals surface area contributed by atoms with Crippen molar-refractivity contribution >= 4 is 11.7 Å². The van der Waals surface area contributed by atoms with E-state index in [2.05, 4.69) is 17.3 Å². The van der Waals surface area contributed by atoms with Crippen molar-refractivity contribution in [1.29, 1.82) is 0 Å². The van der Waals surface area contributed by atoms with Crippen LogP contribution in [0.2, 0.25) is 0 Å². The smallest absolute Gasteiger partial charge is 0.321 e. The molecule has 1 aliphatic heterocycles. The van der Waals surface area contributed by atoms with Crippen LogP contribution < -0.4 is 10.1 Å². The highest BCUT2D eigenvalue weighted by Gasteiger charge is 2.20. The SMILES string of the molecule is Cc1c(NC(=O)N2CCCN(C)CC2)cccc1OC1CCCC1. The zero-order chi connectivity index (χ0) is 16.9. The van der Waals surface area contributed by atoms with Gasteiger partial charge >= 0.3 is 6.03 Å². The summed E-state index contributed by atoms with van der Waals surface area (Å²) in [7, 11) is 2.11. The van der Waals surface area contributed by atoms with Crippen LogP contribution in [0, 0.1) is 6.92 Å². The molecule has 0 atom stereocenters. The van der Waals surface area contributed by atoms with E-state index >= 15 is 0 Å². The summed E-state index contributed by atoms with van der Waals surface area (Å²) >= 11 is 0. The number of anilines is 1. The summed E-state index contributed by atoms with van der Waals surface area (Å²) in [5.41, 5.74) is 1.87. The molecule has 0 radical (unpaired) electrons. The Balaban J connectivity index is 1.64. The van der Waals surface area contributed by atoms with E-state index in [1.165, 1.54) is 12.8 Å². The van der Waals surface area contributed by atoms with Gasteiger partial charge in [0, 0.05) is 30.9 Å². The second kappa shape index (κ2) is 7.88. The number of amides is 2. The van der Waals surface area contributed by atoms with Gasteiger partial charge in [-0.2, -0.15) is 0 Å². The van der Waals surface area contributed by atoms with Gasteiger partial charge in [0.25, 0.3) is 0 Å². The zero-order valence-electron chi connectivity index (χ0n) is 14.9. The normalized spacial score (nSPS) is 20.0. The number of rotatable bonds is 3. The number of nitrogens with one attached hydrogen (secondary N) is 1. The highest BCUT2D eigenvalue weighted by Crippen LogP contribution is 2.30. The minimum Gasteiger partial charge on any atom is -0.490 e. The van der Waals surface area contributed by atoms with Crippen LogP contribution in [0.5, 0.6) is 5.75 Å². The van der Waals surface area contributed by atoms with E-state index in [0.717, 1.165) is 62.4 Å². The molecule has 2 amide bonds. The van der Waals surface area contributed by atoms with E-state index in [9.17, 15) is 4.79 Å². The minimum absolute atomic E-state index is 0.00795. The van der Waals surface area contributed by atoms with Gasteiger partial charge in [0.15, 0.2) is 0 Å². The molecule has 2 aliphatic rings. The van der Waals surface area contributed by atoms with E-state index in [0.29, 0.717) is 6.10 Å². The second-order valence-electron chi connectivity index (χ2n) is 7.03. The van der Waals surface area contributed by atoms with Crippen molar-refractivity contribution in [2.24, 2.45) is 0 Å². The standard InChI is InChI=1S/C19H29N3O2/c1-15-17(9-5-10-18(15)24-16-7-3-4-8-16)20-19(23)22-12-6-11-21(2)13-14-22/h5,9-10,16H,3-4,6-8,11-14H2,1-2H3,(H,20,23). The first-order valence-electron chi connectivity index (χ1n) is 9.14. The first-order chi connectivity index (χ1) is 11.6. The molecule has 2 fully saturated rings. The molecule has 3 rings (SSSR count). The molecule has 1 N–H and O–H groups in total. The molecule has 0 spiro atoms. The third-order valence-electron chi connectivity index (χ3n) is 5.13. The molecule has 0 aromatic heterocycles. The summed E-state index contributed by atoms with van der Waals surface area (Å²) in [5, 5.41) is 3.08. The molecule has 0 unspecified atom stereocenters. The van der Waals surface area contributed by atoms with Crippen molar-refractivity contribution in [2.75, 3.05) is 38.5 Å². The number of benzene rings is 1. The van der Waals surface area contributed by atoms with E-state index < -0.39 is 0 Å². The lowest BCUT2D eigenvalue weighted by molar-refractivity contribution is 0.208. The predicted molar refractivity (Wildman–Crippen MR) is 96.8 cm³/mol. The summed E-state index contributed by atoms with van der Waals surface area (Å²) in [4.78, 5) is 16.8. The van der Waals surface area contributed by atoms with Crippen molar-refractivity contribution < 1.29 is 9.53 Å².